The Morgan fingerprint density at radius 1 is 1.15 bits per heavy atom. The van der Waals surface area contributed by atoms with Crippen LogP contribution in [0, 0.1) is 5.92 Å². The number of benzene rings is 1. The van der Waals surface area contributed by atoms with E-state index in [0.717, 1.165) is 37.8 Å². The number of aliphatic hydroxyl groups is 1. The Hall–Kier alpha value is -0.853. The van der Waals surface area contributed by atoms with E-state index in [9.17, 15) is 18.3 Å². The smallest absolute Gasteiger partial charge is 0.413 e. The molecular weight excluding hydrogens is 357 g/mol. The summed E-state index contributed by atoms with van der Waals surface area (Å²) in [6.45, 7) is 10.6. The highest BCUT2D eigenvalue weighted by Crippen LogP contribution is 2.41. The minimum Gasteiger partial charge on any atom is -0.413 e. The van der Waals surface area contributed by atoms with Gasteiger partial charge >= 0.3 is 6.18 Å². The van der Waals surface area contributed by atoms with E-state index in [2.05, 4.69) is 33.9 Å². The monoisotopic (exact) mass is 388 g/mol. The van der Waals surface area contributed by atoms with Gasteiger partial charge in [-0.2, -0.15) is 13.2 Å². The molecule has 1 aliphatic rings. The number of hydrogen-bond acceptors (Lipinski definition) is 2. The zero-order chi connectivity index (χ0) is 19.8. The van der Waals surface area contributed by atoms with Crippen LogP contribution in [0.25, 0.3) is 0 Å². The van der Waals surface area contributed by atoms with Crippen LogP contribution in [0.3, 0.4) is 0 Å². The van der Waals surface area contributed by atoms with Crippen molar-refractivity contribution in [3.8, 4) is 0 Å². The summed E-state index contributed by atoms with van der Waals surface area (Å²) >= 11 is 0. The summed E-state index contributed by atoms with van der Waals surface area (Å²) in [7, 11) is -2.10. The Morgan fingerprint density at radius 3 is 2.23 bits per heavy atom. The maximum absolute atomic E-state index is 13.2. The molecule has 0 saturated heterocycles. The first-order chi connectivity index (χ1) is 11.8. The van der Waals surface area contributed by atoms with Gasteiger partial charge in [-0.25, -0.2) is 0 Å². The van der Waals surface area contributed by atoms with Crippen molar-refractivity contribution in [2.24, 2.45) is 5.92 Å². The van der Waals surface area contributed by atoms with Gasteiger partial charge in [-0.05, 0) is 60.2 Å². The molecule has 0 heterocycles. The van der Waals surface area contributed by atoms with Crippen LogP contribution in [0.1, 0.15) is 69.2 Å². The molecule has 0 spiro atoms. The van der Waals surface area contributed by atoms with Gasteiger partial charge in [0.25, 0.3) is 0 Å². The van der Waals surface area contributed by atoms with E-state index in [0.29, 0.717) is 11.1 Å². The van der Waals surface area contributed by atoms with Gasteiger partial charge in [0.05, 0.1) is 18.3 Å². The molecule has 6 heteroatoms. The highest BCUT2D eigenvalue weighted by atomic mass is 28.4. The van der Waals surface area contributed by atoms with Crippen LogP contribution in [0.4, 0.5) is 13.2 Å². The first-order valence-electron chi connectivity index (χ1n) is 9.35. The van der Waals surface area contributed by atoms with Crippen LogP contribution in [-0.4, -0.2) is 13.4 Å². The first kappa shape index (κ1) is 21.4. The van der Waals surface area contributed by atoms with Crippen LogP contribution >= 0.6 is 0 Å². The third-order valence-electron chi connectivity index (χ3n) is 6.03. The summed E-state index contributed by atoms with van der Waals surface area (Å²) in [6, 6.07) is 3.67. The van der Waals surface area contributed by atoms with Crippen LogP contribution in [-0.2, 0) is 17.2 Å². The lowest BCUT2D eigenvalue weighted by Crippen LogP contribution is -2.40. The highest BCUT2D eigenvalue weighted by molar-refractivity contribution is 6.74. The van der Waals surface area contributed by atoms with Gasteiger partial charge in [-0.1, -0.05) is 39.7 Å². The summed E-state index contributed by atoms with van der Waals surface area (Å²) in [4.78, 5) is 0. The lowest BCUT2D eigenvalue weighted by atomic mass is 9.90. The van der Waals surface area contributed by atoms with E-state index in [4.69, 9.17) is 4.43 Å². The molecular formula is C20H31F3O2Si. The lowest BCUT2D eigenvalue weighted by molar-refractivity contribution is -0.137. The average molecular weight is 389 g/mol. The van der Waals surface area contributed by atoms with Crippen molar-refractivity contribution >= 4 is 8.32 Å². The van der Waals surface area contributed by atoms with E-state index >= 15 is 0 Å². The number of rotatable bonds is 5. The van der Waals surface area contributed by atoms with Gasteiger partial charge in [-0.3, -0.25) is 0 Å². The molecule has 1 aliphatic carbocycles. The van der Waals surface area contributed by atoms with E-state index in [1.165, 1.54) is 6.07 Å². The van der Waals surface area contributed by atoms with Gasteiger partial charge in [0.15, 0.2) is 8.32 Å². The molecule has 0 bridgehead atoms. The van der Waals surface area contributed by atoms with E-state index in [-0.39, 0.29) is 17.6 Å². The quantitative estimate of drug-likeness (QED) is 0.587. The normalized spacial score (nSPS) is 18.3. The Labute approximate surface area is 155 Å². The predicted molar refractivity (Wildman–Crippen MR) is 100 cm³/mol. The maximum Gasteiger partial charge on any atom is 0.416 e. The largest absolute Gasteiger partial charge is 0.416 e. The number of halogens is 3. The summed E-state index contributed by atoms with van der Waals surface area (Å²) in [5.41, 5.74) is 0.362. The fourth-order valence-electron chi connectivity index (χ4n) is 3.20. The van der Waals surface area contributed by atoms with E-state index < -0.39 is 26.2 Å². The molecule has 0 aromatic heterocycles. The molecule has 1 saturated carbocycles. The zero-order valence-electron chi connectivity index (χ0n) is 16.4. The third-order valence-corrected chi connectivity index (χ3v) is 10.5. The van der Waals surface area contributed by atoms with Crippen molar-refractivity contribution in [2.45, 2.75) is 83.5 Å². The standard InChI is InChI=1S/C20H31F3O2Si/c1-19(2,3)26(4,5)25-13-15-12-16(20(21,22)23)10-11-17(15)18(24)14-8-6-7-9-14/h10-12,14,18,24H,6-9,13H2,1-5H3. The van der Waals surface area contributed by atoms with Crippen molar-refractivity contribution in [2.75, 3.05) is 0 Å². The van der Waals surface area contributed by atoms with Gasteiger partial charge in [0.2, 0.25) is 0 Å². The first-order valence-corrected chi connectivity index (χ1v) is 12.3. The Kier molecular flexibility index (Phi) is 6.30. The molecule has 0 radical (unpaired) electrons. The number of alkyl halides is 3. The Balaban J connectivity index is 2.33. The van der Waals surface area contributed by atoms with Gasteiger partial charge < -0.3 is 9.53 Å². The van der Waals surface area contributed by atoms with Crippen LogP contribution in [0.15, 0.2) is 18.2 Å². The second kappa shape index (κ2) is 7.64. The van der Waals surface area contributed by atoms with Crippen molar-refractivity contribution in [1.82, 2.24) is 0 Å². The van der Waals surface area contributed by atoms with Crippen LogP contribution < -0.4 is 0 Å². The third kappa shape index (κ3) is 4.90. The van der Waals surface area contributed by atoms with Crippen molar-refractivity contribution in [1.29, 1.82) is 0 Å². The van der Waals surface area contributed by atoms with E-state index in [1.807, 2.05) is 0 Å². The Bertz CT molecular complexity index is 614. The Morgan fingerprint density at radius 2 is 1.73 bits per heavy atom. The number of aliphatic hydroxyl groups excluding tert-OH is 1. The molecule has 0 amide bonds. The molecule has 148 valence electrons. The summed E-state index contributed by atoms with van der Waals surface area (Å²) in [5, 5.41) is 10.7. The van der Waals surface area contributed by atoms with Crippen molar-refractivity contribution < 1.29 is 22.7 Å². The minimum atomic E-state index is -4.40. The SMILES string of the molecule is CC(C)(C)[Si](C)(C)OCc1cc(C(F)(F)F)ccc1C(O)C1CCCC1. The van der Waals surface area contributed by atoms with Crippen molar-refractivity contribution in [3.05, 3.63) is 34.9 Å². The second-order valence-corrected chi connectivity index (χ2v) is 13.8. The molecule has 1 aromatic carbocycles. The molecule has 2 rings (SSSR count). The molecule has 0 aliphatic heterocycles. The van der Waals surface area contributed by atoms with Gasteiger partial charge in [-0.15, -0.1) is 0 Å². The topological polar surface area (TPSA) is 29.5 Å². The second-order valence-electron chi connectivity index (χ2n) is 8.95. The highest BCUT2D eigenvalue weighted by Gasteiger charge is 2.38. The molecule has 1 fully saturated rings. The average Bonchev–Trinajstić information content (AvgIpc) is 3.04. The molecule has 2 nitrogen and oxygen atoms in total. The fourth-order valence-corrected chi connectivity index (χ4v) is 4.15. The summed E-state index contributed by atoms with van der Waals surface area (Å²) < 4.78 is 45.7. The fraction of sp³-hybridized carbons (Fsp3) is 0.700. The maximum atomic E-state index is 13.2. The molecule has 1 N–H and O–H groups in total. The molecule has 1 atom stereocenters. The predicted octanol–water partition coefficient (Wildman–Crippen LogP) is 6.45. The number of hydrogen-bond donors (Lipinski definition) is 1. The van der Waals surface area contributed by atoms with E-state index in [1.54, 1.807) is 0 Å². The zero-order valence-corrected chi connectivity index (χ0v) is 17.4. The summed E-state index contributed by atoms with van der Waals surface area (Å²) in [5.74, 6) is 0.123. The minimum absolute atomic E-state index is 0.0289. The molecule has 1 unspecified atom stereocenters. The molecule has 26 heavy (non-hydrogen) atoms. The lowest BCUT2D eigenvalue weighted by Gasteiger charge is -2.36. The van der Waals surface area contributed by atoms with Gasteiger partial charge in [0, 0.05) is 0 Å². The van der Waals surface area contributed by atoms with Gasteiger partial charge in [0.1, 0.15) is 0 Å². The summed E-state index contributed by atoms with van der Waals surface area (Å²) in [6.07, 6.45) is -1.15. The molecule has 1 aromatic rings. The van der Waals surface area contributed by atoms with Crippen molar-refractivity contribution in [3.63, 3.8) is 0 Å². The van der Waals surface area contributed by atoms with Crippen LogP contribution in [0.2, 0.25) is 18.1 Å². The van der Waals surface area contributed by atoms with Crippen LogP contribution in [0.5, 0.6) is 0 Å².